The minimum atomic E-state index is -1.23. The van der Waals surface area contributed by atoms with Crippen LogP contribution in [0.2, 0.25) is 0 Å². The van der Waals surface area contributed by atoms with Crippen LogP contribution in [0.5, 0.6) is 0 Å². The van der Waals surface area contributed by atoms with Crippen molar-refractivity contribution in [3.05, 3.63) is 0 Å². The summed E-state index contributed by atoms with van der Waals surface area (Å²) in [7, 11) is 0. The smallest absolute Gasteiger partial charge is 0.407 e. The first-order valence-corrected chi connectivity index (χ1v) is 3.39. The molecule has 0 bridgehead atoms. The summed E-state index contributed by atoms with van der Waals surface area (Å²) in [6.45, 7) is -0.0951. The Balaban J connectivity index is 2.49. The van der Waals surface area contributed by atoms with Crippen molar-refractivity contribution in [2.75, 3.05) is 13.1 Å². The molecule has 2 atom stereocenters. The molecule has 0 aromatic carbocycles. The molecular formula is C6H10FNO3. The third-order valence-corrected chi connectivity index (χ3v) is 1.65. The molecule has 1 amide bonds. The lowest BCUT2D eigenvalue weighted by Crippen LogP contribution is -2.46. The van der Waals surface area contributed by atoms with Crippen molar-refractivity contribution in [1.29, 1.82) is 0 Å². The highest BCUT2D eigenvalue weighted by atomic mass is 19.1. The molecule has 1 fully saturated rings. The number of amides is 1. The Morgan fingerprint density at radius 1 is 1.55 bits per heavy atom. The van der Waals surface area contributed by atoms with E-state index in [1.165, 1.54) is 0 Å². The van der Waals surface area contributed by atoms with Crippen LogP contribution >= 0.6 is 0 Å². The third kappa shape index (κ3) is 2.04. The second-order valence-electron chi connectivity index (χ2n) is 2.67. The van der Waals surface area contributed by atoms with E-state index >= 15 is 0 Å². The van der Waals surface area contributed by atoms with E-state index < -0.39 is 18.4 Å². The van der Waals surface area contributed by atoms with E-state index in [-0.39, 0.29) is 19.5 Å². The van der Waals surface area contributed by atoms with Gasteiger partial charge in [-0.15, -0.1) is 0 Å². The molecule has 0 radical (unpaired) electrons. The van der Waals surface area contributed by atoms with Crippen molar-refractivity contribution >= 4 is 6.09 Å². The van der Waals surface area contributed by atoms with Gasteiger partial charge in [-0.05, 0) is 0 Å². The number of aliphatic hydroxyl groups excluding tert-OH is 1. The second-order valence-corrected chi connectivity index (χ2v) is 2.67. The number of halogens is 1. The zero-order valence-electron chi connectivity index (χ0n) is 5.90. The Hall–Kier alpha value is -0.840. The summed E-state index contributed by atoms with van der Waals surface area (Å²) in [6, 6.07) is 0. The number of nitrogens with zero attached hydrogens (tertiary/aromatic N) is 1. The van der Waals surface area contributed by atoms with Crippen LogP contribution in [-0.4, -0.2) is 46.6 Å². The molecule has 1 heterocycles. The highest BCUT2D eigenvalue weighted by molar-refractivity contribution is 5.65. The van der Waals surface area contributed by atoms with Gasteiger partial charge in [0, 0.05) is 6.42 Å². The number of hydrogen-bond donors (Lipinski definition) is 2. The van der Waals surface area contributed by atoms with Crippen molar-refractivity contribution in [3.63, 3.8) is 0 Å². The van der Waals surface area contributed by atoms with Crippen LogP contribution in [0.15, 0.2) is 0 Å². The maximum absolute atomic E-state index is 12.6. The predicted molar refractivity (Wildman–Crippen MR) is 35.1 cm³/mol. The topological polar surface area (TPSA) is 60.8 Å². The Kier molecular flexibility index (Phi) is 2.28. The Morgan fingerprint density at radius 2 is 2.18 bits per heavy atom. The van der Waals surface area contributed by atoms with E-state index in [9.17, 15) is 9.18 Å². The number of rotatable bonds is 0. The number of carbonyl (C=O) groups is 1. The van der Waals surface area contributed by atoms with Gasteiger partial charge >= 0.3 is 6.09 Å². The summed E-state index contributed by atoms with van der Waals surface area (Å²) < 4.78 is 12.6. The van der Waals surface area contributed by atoms with Crippen LogP contribution in [0.4, 0.5) is 9.18 Å². The summed E-state index contributed by atoms with van der Waals surface area (Å²) in [6.07, 6.45) is -3.21. The number of alkyl halides is 1. The molecule has 0 unspecified atom stereocenters. The number of piperidine rings is 1. The molecule has 1 saturated heterocycles. The van der Waals surface area contributed by atoms with E-state index in [0.29, 0.717) is 0 Å². The summed E-state index contributed by atoms with van der Waals surface area (Å²) in [5.74, 6) is 0. The fourth-order valence-electron chi connectivity index (χ4n) is 1.17. The molecule has 0 spiro atoms. The van der Waals surface area contributed by atoms with Gasteiger partial charge in [-0.2, -0.15) is 0 Å². The molecule has 64 valence electrons. The maximum Gasteiger partial charge on any atom is 0.407 e. The van der Waals surface area contributed by atoms with Crippen LogP contribution in [0.25, 0.3) is 0 Å². The van der Waals surface area contributed by atoms with Gasteiger partial charge in [0.2, 0.25) is 0 Å². The molecule has 0 aromatic heterocycles. The van der Waals surface area contributed by atoms with E-state index in [4.69, 9.17) is 10.2 Å². The van der Waals surface area contributed by atoms with Gasteiger partial charge in [-0.1, -0.05) is 0 Å². The molecule has 11 heavy (non-hydrogen) atoms. The van der Waals surface area contributed by atoms with Gasteiger partial charge in [0.15, 0.2) is 0 Å². The van der Waals surface area contributed by atoms with Gasteiger partial charge in [-0.25, -0.2) is 9.18 Å². The lowest BCUT2D eigenvalue weighted by atomic mass is 10.1. The van der Waals surface area contributed by atoms with Crippen LogP contribution in [0, 0.1) is 0 Å². The molecule has 2 N–H and O–H groups in total. The van der Waals surface area contributed by atoms with E-state index in [1.807, 2.05) is 0 Å². The SMILES string of the molecule is O=C(O)N1C[C@H](O)C[C@H](F)C1. The zero-order chi connectivity index (χ0) is 8.43. The van der Waals surface area contributed by atoms with E-state index in [2.05, 4.69) is 0 Å². The first kappa shape index (κ1) is 8.26. The standard InChI is InChI=1S/C6H10FNO3/c7-4-1-5(9)3-8(2-4)6(10)11/h4-5,9H,1-3H2,(H,10,11)/t4-,5+/m0/s1. The summed E-state index contributed by atoms with van der Waals surface area (Å²) in [5, 5.41) is 17.4. The average molecular weight is 163 g/mol. The first-order chi connectivity index (χ1) is 5.09. The second kappa shape index (κ2) is 3.04. The Morgan fingerprint density at radius 3 is 2.64 bits per heavy atom. The number of carboxylic acid groups (broad SMARTS) is 1. The summed E-state index contributed by atoms with van der Waals surface area (Å²) in [4.78, 5) is 11.2. The minimum Gasteiger partial charge on any atom is -0.465 e. The summed E-state index contributed by atoms with van der Waals surface area (Å²) in [5.41, 5.74) is 0. The molecular weight excluding hydrogens is 153 g/mol. The zero-order valence-corrected chi connectivity index (χ0v) is 5.90. The lowest BCUT2D eigenvalue weighted by Gasteiger charge is -2.29. The molecule has 0 aromatic rings. The van der Waals surface area contributed by atoms with Gasteiger partial charge in [0.25, 0.3) is 0 Å². The van der Waals surface area contributed by atoms with Gasteiger partial charge in [-0.3, -0.25) is 0 Å². The highest BCUT2D eigenvalue weighted by Crippen LogP contribution is 2.13. The Labute approximate surface area is 63.2 Å². The fraction of sp³-hybridized carbons (Fsp3) is 0.833. The van der Waals surface area contributed by atoms with E-state index in [1.54, 1.807) is 0 Å². The Bertz CT molecular complexity index is 154. The third-order valence-electron chi connectivity index (χ3n) is 1.65. The molecule has 0 saturated carbocycles. The number of likely N-dealkylation sites (tertiary alicyclic amines) is 1. The van der Waals surface area contributed by atoms with Gasteiger partial charge < -0.3 is 15.1 Å². The number of hydrogen-bond acceptors (Lipinski definition) is 2. The molecule has 1 rings (SSSR count). The van der Waals surface area contributed by atoms with Crippen molar-refractivity contribution in [2.45, 2.75) is 18.7 Å². The number of aliphatic hydroxyl groups is 1. The van der Waals surface area contributed by atoms with Crippen molar-refractivity contribution in [2.24, 2.45) is 0 Å². The monoisotopic (exact) mass is 163 g/mol. The maximum atomic E-state index is 12.6. The largest absolute Gasteiger partial charge is 0.465 e. The van der Waals surface area contributed by atoms with Gasteiger partial charge in [0.1, 0.15) is 6.17 Å². The molecule has 4 nitrogen and oxygen atoms in total. The van der Waals surface area contributed by atoms with Crippen LogP contribution < -0.4 is 0 Å². The minimum absolute atomic E-state index is 0.0236. The fourth-order valence-corrected chi connectivity index (χ4v) is 1.17. The number of β-amino-alcohol motifs (C(OH)–C–C–N with tert-alkyl or cyclic N) is 1. The quantitative estimate of drug-likeness (QED) is 0.531. The predicted octanol–water partition coefficient (Wildman–Crippen LogP) is 0.0691. The average Bonchev–Trinajstić information content (AvgIpc) is 1.85. The van der Waals surface area contributed by atoms with Crippen molar-refractivity contribution in [3.8, 4) is 0 Å². The highest BCUT2D eigenvalue weighted by Gasteiger charge is 2.28. The summed E-state index contributed by atoms with van der Waals surface area (Å²) >= 11 is 0. The molecule has 0 aliphatic carbocycles. The normalized spacial score (nSPS) is 32.0. The molecule has 5 heteroatoms. The van der Waals surface area contributed by atoms with Crippen LogP contribution in [0.1, 0.15) is 6.42 Å². The van der Waals surface area contributed by atoms with Crippen molar-refractivity contribution < 1.29 is 19.4 Å². The molecule has 1 aliphatic rings. The first-order valence-electron chi connectivity index (χ1n) is 3.39. The van der Waals surface area contributed by atoms with Crippen LogP contribution in [-0.2, 0) is 0 Å². The van der Waals surface area contributed by atoms with Crippen LogP contribution in [0.3, 0.4) is 0 Å². The van der Waals surface area contributed by atoms with E-state index in [0.717, 1.165) is 4.90 Å². The van der Waals surface area contributed by atoms with Crippen molar-refractivity contribution in [1.82, 2.24) is 4.90 Å². The lowest BCUT2D eigenvalue weighted by molar-refractivity contribution is 0.0288. The van der Waals surface area contributed by atoms with Gasteiger partial charge in [0.05, 0.1) is 19.2 Å². The molecule has 1 aliphatic heterocycles.